The number of nitro groups is 1. The average molecular weight is 356 g/mol. The molecule has 8 heteroatoms. The van der Waals surface area contributed by atoms with Crippen molar-refractivity contribution in [1.82, 2.24) is 0 Å². The Morgan fingerprint density at radius 2 is 1.96 bits per heavy atom. The van der Waals surface area contributed by atoms with Gasteiger partial charge in [0.25, 0.3) is 5.91 Å². The maximum Gasteiger partial charge on any atom is 0.433 e. The normalized spacial score (nSPS) is 10.3. The summed E-state index contributed by atoms with van der Waals surface area (Å²) in [5.74, 6) is -1.19. The van der Waals surface area contributed by atoms with Crippen molar-refractivity contribution in [3.63, 3.8) is 0 Å². The Balaban J connectivity index is 1.64. The molecule has 3 aromatic rings. The molecule has 1 heterocycles. The Labute approximate surface area is 147 Å². The van der Waals surface area contributed by atoms with Crippen LogP contribution in [0, 0.1) is 15.9 Å². The number of rotatable bonds is 6. The molecule has 0 unspecified atom stereocenters. The van der Waals surface area contributed by atoms with E-state index in [1.165, 1.54) is 18.2 Å². The van der Waals surface area contributed by atoms with Crippen molar-refractivity contribution in [2.45, 2.75) is 6.61 Å². The van der Waals surface area contributed by atoms with Crippen LogP contribution in [0.4, 0.5) is 16.0 Å². The van der Waals surface area contributed by atoms with Gasteiger partial charge in [-0.2, -0.15) is 0 Å². The lowest BCUT2D eigenvalue weighted by Gasteiger charge is -2.09. The van der Waals surface area contributed by atoms with E-state index in [1.807, 2.05) is 0 Å². The zero-order valence-electron chi connectivity index (χ0n) is 13.3. The number of ether oxygens (including phenoxy) is 1. The molecule has 1 N–H and O–H groups in total. The number of carbonyl (C=O) groups excluding carboxylic acids is 1. The van der Waals surface area contributed by atoms with E-state index < -0.39 is 16.7 Å². The largest absolute Gasteiger partial charge is 0.489 e. The molecule has 0 radical (unpaired) electrons. The van der Waals surface area contributed by atoms with Gasteiger partial charge >= 0.3 is 5.88 Å². The van der Waals surface area contributed by atoms with E-state index in [4.69, 9.17) is 9.15 Å². The van der Waals surface area contributed by atoms with Crippen LogP contribution in [0.25, 0.3) is 0 Å². The highest BCUT2D eigenvalue weighted by molar-refractivity contribution is 6.02. The van der Waals surface area contributed by atoms with Gasteiger partial charge < -0.3 is 14.5 Å². The molecule has 0 aliphatic rings. The molecule has 7 nitrogen and oxygen atoms in total. The van der Waals surface area contributed by atoms with Gasteiger partial charge in [0.1, 0.15) is 23.1 Å². The quantitative estimate of drug-likeness (QED) is 0.529. The third-order valence-corrected chi connectivity index (χ3v) is 3.38. The van der Waals surface area contributed by atoms with Crippen molar-refractivity contribution in [2.24, 2.45) is 0 Å². The van der Waals surface area contributed by atoms with E-state index in [1.54, 1.807) is 36.4 Å². The predicted molar refractivity (Wildman–Crippen MR) is 90.5 cm³/mol. The fourth-order valence-electron chi connectivity index (χ4n) is 2.20. The van der Waals surface area contributed by atoms with Crippen LogP contribution in [-0.2, 0) is 6.61 Å². The van der Waals surface area contributed by atoms with Crippen LogP contribution in [0.1, 0.15) is 16.1 Å². The number of hydrogen-bond donors (Lipinski definition) is 1. The third kappa shape index (κ3) is 4.23. The Hall–Kier alpha value is -3.68. The molecule has 132 valence electrons. The highest BCUT2D eigenvalue weighted by Crippen LogP contribution is 2.21. The van der Waals surface area contributed by atoms with E-state index in [0.29, 0.717) is 17.0 Å². The maximum atomic E-state index is 13.2. The number of carbonyl (C=O) groups is 1. The molecule has 0 fully saturated rings. The predicted octanol–water partition coefficient (Wildman–Crippen LogP) is 4.16. The van der Waals surface area contributed by atoms with Crippen LogP contribution in [0.5, 0.6) is 5.75 Å². The van der Waals surface area contributed by atoms with Crippen molar-refractivity contribution in [3.05, 3.63) is 87.9 Å². The molecule has 0 aliphatic heterocycles. The second-order valence-electron chi connectivity index (χ2n) is 5.30. The molecular formula is C18H13FN2O5. The number of nitrogens with one attached hydrogen (secondary N) is 1. The number of nitrogens with zero attached hydrogens (tertiary/aromatic N) is 1. The lowest BCUT2D eigenvalue weighted by molar-refractivity contribution is -0.402. The molecule has 0 saturated heterocycles. The molecule has 0 bridgehead atoms. The number of amides is 1. The Morgan fingerprint density at radius 3 is 2.69 bits per heavy atom. The van der Waals surface area contributed by atoms with Crippen LogP contribution < -0.4 is 10.1 Å². The standard InChI is InChI=1S/C18H13FN2O5/c19-13-4-1-3-12(9-13)11-25-15-6-2-5-14(10-15)20-18(22)16-7-8-17(26-16)21(23)24/h1-10H,11H2,(H,20,22). The van der Waals surface area contributed by atoms with Crippen LogP contribution >= 0.6 is 0 Å². The lowest BCUT2D eigenvalue weighted by atomic mass is 10.2. The summed E-state index contributed by atoms with van der Waals surface area (Å²) in [7, 11) is 0. The minimum atomic E-state index is -0.725. The Morgan fingerprint density at radius 1 is 1.15 bits per heavy atom. The summed E-state index contributed by atoms with van der Waals surface area (Å²) in [5, 5.41) is 13.2. The fraction of sp³-hybridized carbons (Fsp3) is 0.0556. The van der Waals surface area contributed by atoms with Gasteiger partial charge in [0.05, 0.1) is 6.07 Å². The van der Waals surface area contributed by atoms with Gasteiger partial charge in [-0.05, 0) is 35.9 Å². The highest BCUT2D eigenvalue weighted by Gasteiger charge is 2.17. The van der Waals surface area contributed by atoms with Gasteiger partial charge in [-0.1, -0.05) is 18.2 Å². The SMILES string of the molecule is O=C(Nc1cccc(OCc2cccc(F)c2)c1)c1ccc([N+](=O)[O-])o1. The molecular weight excluding hydrogens is 343 g/mol. The first-order valence-electron chi connectivity index (χ1n) is 7.54. The van der Waals surface area contributed by atoms with E-state index in [-0.39, 0.29) is 18.2 Å². The van der Waals surface area contributed by atoms with Crippen molar-refractivity contribution < 1.29 is 23.3 Å². The summed E-state index contributed by atoms with van der Waals surface area (Å²) in [6.07, 6.45) is 0. The summed E-state index contributed by atoms with van der Waals surface area (Å²) in [6.45, 7) is 0.166. The third-order valence-electron chi connectivity index (χ3n) is 3.38. The molecule has 2 aromatic carbocycles. The number of benzene rings is 2. The first-order chi connectivity index (χ1) is 12.5. The van der Waals surface area contributed by atoms with Crippen LogP contribution in [0.15, 0.2) is 65.1 Å². The monoisotopic (exact) mass is 356 g/mol. The van der Waals surface area contributed by atoms with Crippen molar-refractivity contribution in [1.29, 1.82) is 0 Å². The zero-order valence-corrected chi connectivity index (χ0v) is 13.3. The van der Waals surface area contributed by atoms with Gasteiger partial charge in [-0.15, -0.1) is 0 Å². The molecule has 0 atom stereocenters. The molecule has 0 saturated carbocycles. The van der Waals surface area contributed by atoms with Gasteiger partial charge in [-0.25, -0.2) is 4.39 Å². The fourth-order valence-corrected chi connectivity index (χ4v) is 2.20. The Kier molecular flexibility index (Phi) is 4.93. The average Bonchev–Trinajstić information content (AvgIpc) is 3.11. The number of furan rings is 1. The number of hydrogen-bond acceptors (Lipinski definition) is 5. The van der Waals surface area contributed by atoms with Crippen LogP contribution in [0.3, 0.4) is 0 Å². The van der Waals surface area contributed by atoms with E-state index >= 15 is 0 Å². The van der Waals surface area contributed by atoms with E-state index in [2.05, 4.69) is 5.32 Å². The minimum Gasteiger partial charge on any atom is -0.489 e. The second-order valence-corrected chi connectivity index (χ2v) is 5.30. The topological polar surface area (TPSA) is 94.6 Å². The van der Waals surface area contributed by atoms with E-state index in [0.717, 1.165) is 6.07 Å². The highest BCUT2D eigenvalue weighted by atomic mass is 19.1. The van der Waals surface area contributed by atoms with Crippen molar-refractivity contribution in [2.75, 3.05) is 5.32 Å². The first kappa shape index (κ1) is 17.2. The van der Waals surface area contributed by atoms with Crippen LogP contribution in [-0.4, -0.2) is 10.8 Å². The molecule has 1 amide bonds. The summed E-state index contributed by atoms with van der Waals surface area (Å²) in [5.41, 5.74) is 1.09. The number of anilines is 1. The molecule has 1 aromatic heterocycles. The zero-order chi connectivity index (χ0) is 18.5. The summed E-state index contributed by atoms with van der Waals surface area (Å²) in [4.78, 5) is 21.9. The molecule has 0 aliphatic carbocycles. The van der Waals surface area contributed by atoms with Gasteiger partial charge in [0.15, 0.2) is 5.76 Å². The summed E-state index contributed by atoms with van der Waals surface area (Å²) in [6, 6.07) is 14.9. The first-order valence-corrected chi connectivity index (χ1v) is 7.54. The lowest BCUT2D eigenvalue weighted by Crippen LogP contribution is -2.10. The van der Waals surface area contributed by atoms with E-state index in [9.17, 15) is 19.3 Å². The molecule has 3 rings (SSSR count). The summed E-state index contributed by atoms with van der Waals surface area (Å²) < 4.78 is 23.6. The van der Waals surface area contributed by atoms with Gasteiger partial charge in [0.2, 0.25) is 0 Å². The summed E-state index contributed by atoms with van der Waals surface area (Å²) >= 11 is 0. The van der Waals surface area contributed by atoms with Crippen molar-refractivity contribution in [3.8, 4) is 5.75 Å². The van der Waals surface area contributed by atoms with Crippen molar-refractivity contribution >= 4 is 17.5 Å². The second kappa shape index (κ2) is 7.47. The molecule has 0 spiro atoms. The van der Waals surface area contributed by atoms with Crippen LogP contribution in [0.2, 0.25) is 0 Å². The minimum absolute atomic E-state index is 0.166. The maximum absolute atomic E-state index is 13.2. The smallest absolute Gasteiger partial charge is 0.433 e. The van der Waals surface area contributed by atoms with Gasteiger partial charge in [-0.3, -0.25) is 14.9 Å². The van der Waals surface area contributed by atoms with Gasteiger partial charge in [0, 0.05) is 11.8 Å². The Bertz CT molecular complexity index is 954. The molecule has 26 heavy (non-hydrogen) atoms. The number of halogens is 1.